The Hall–Kier alpha value is -1.94. The summed E-state index contributed by atoms with van der Waals surface area (Å²) in [5.41, 5.74) is 7.51. The SMILES string of the molecule is C[C@H](N)c1ccc(N(C)c2cccc(F)c2)nc1. The van der Waals surface area contributed by atoms with Crippen LogP contribution in [0.1, 0.15) is 18.5 Å². The third kappa shape index (κ3) is 2.65. The molecule has 0 spiro atoms. The Morgan fingerprint density at radius 3 is 2.61 bits per heavy atom. The molecule has 0 aliphatic rings. The van der Waals surface area contributed by atoms with Crippen LogP contribution in [0.25, 0.3) is 0 Å². The van der Waals surface area contributed by atoms with Crippen molar-refractivity contribution in [3.05, 3.63) is 54.0 Å². The Labute approximate surface area is 106 Å². The summed E-state index contributed by atoms with van der Waals surface area (Å²) in [4.78, 5) is 6.16. The molecular formula is C14H16FN3. The average Bonchev–Trinajstić information content (AvgIpc) is 2.38. The smallest absolute Gasteiger partial charge is 0.132 e. The van der Waals surface area contributed by atoms with Gasteiger partial charge in [-0.3, -0.25) is 0 Å². The molecule has 0 saturated carbocycles. The van der Waals surface area contributed by atoms with E-state index in [2.05, 4.69) is 4.98 Å². The first-order valence-electron chi connectivity index (χ1n) is 5.79. The van der Waals surface area contributed by atoms with Crippen molar-refractivity contribution in [2.45, 2.75) is 13.0 Å². The fourth-order valence-electron chi connectivity index (χ4n) is 1.68. The zero-order chi connectivity index (χ0) is 13.1. The van der Waals surface area contributed by atoms with Gasteiger partial charge in [0.1, 0.15) is 11.6 Å². The summed E-state index contributed by atoms with van der Waals surface area (Å²) in [7, 11) is 1.85. The molecule has 1 heterocycles. The molecule has 3 nitrogen and oxygen atoms in total. The molecule has 4 heteroatoms. The van der Waals surface area contributed by atoms with Gasteiger partial charge in [-0.15, -0.1) is 0 Å². The van der Waals surface area contributed by atoms with Gasteiger partial charge in [0, 0.05) is 25.0 Å². The van der Waals surface area contributed by atoms with Crippen molar-refractivity contribution in [3.63, 3.8) is 0 Å². The lowest BCUT2D eigenvalue weighted by molar-refractivity contribution is 0.628. The second kappa shape index (κ2) is 5.14. The molecule has 1 aromatic heterocycles. The second-order valence-corrected chi connectivity index (χ2v) is 4.28. The topological polar surface area (TPSA) is 42.1 Å². The minimum Gasteiger partial charge on any atom is -0.329 e. The number of nitrogens with two attached hydrogens (primary N) is 1. The Kier molecular flexibility index (Phi) is 3.58. The number of benzene rings is 1. The normalized spacial score (nSPS) is 12.2. The molecule has 0 radical (unpaired) electrons. The van der Waals surface area contributed by atoms with E-state index < -0.39 is 0 Å². The summed E-state index contributed by atoms with van der Waals surface area (Å²) in [6.45, 7) is 1.91. The average molecular weight is 245 g/mol. The highest BCUT2D eigenvalue weighted by atomic mass is 19.1. The van der Waals surface area contributed by atoms with Crippen LogP contribution in [0.3, 0.4) is 0 Å². The van der Waals surface area contributed by atoms with Crippen molar-refractivity contribution in [2.24, 2.45) is 5.73 Å². The first-order valence-corrected chi connectivity index (χ1v) is 5.79. The fourth-order valence-corrected chi connectivity index (χ4v) is 1.68. The van der Waals surface area contributed by atoms with Crippen molar-refractivity contribution in [3.8, 4) is 0 Å². The lowest BCUT2D eigenvalue weighted by Crippen LogP contribution is -2.12. The molecule has 94 valence electrons. The summed E-state index contributed by atoms with van der Waals surface area (Å²) in [6.07, 6.45) is 1.75. The van der Waals surface area contributed by atoms with E-state index in [1.807, 2.05) is 37.1 Å². The van der Waals surface area contributed by atoms with Gasteiger partial charge in [-0.2, -0.15) is 0 Å². The van der Waals surface area contributed by atoms with Crippen LogP contribution in [-0.2, 0) is 0 Å². The fraction of sp³-hybridized carbons (Fsp3) is 0.214. The van der Waals surface area contributed by atoms with Gasteiger partial charge in [0.2, 0.25) is 0 Å². The zero-order valence-electron chi connectivity index (χ0n) is 10.5. The molecule has 2 aromatic rings. The maximum Gasteiger partial charge on any atom is 0.132 e. The van der Waals surface area contributed by atoms with Crippen LogP contribution in [0.15, 0.2) is 42.6 Å². The Balaban J connectivity index is 2.26. The molecule has 0 fully saturated rings. The summed E-state index contributed by atoms with van der Waals surface area (Å²) in [5.74, 6) is 0.497. The molecule has 0 bridgehead atoms. The van der Waals surface area contributed by atoms with Crippen LogP contribution in [0, 0.1) is 5.82 Å². The lowest BCUT2D eigenvalue weighted by Gasteiger charge is -2.18. The van der Waals surface area contributed by atoms with Crippen molar-refractivity contribution in [2.75, 3.05) is 11.9 Å². The molecule has 0 aliphatic heterocycles. The van der Waals surface area contributed by atoms with Crippen LogP contribution in [0.2, 0.25) is 0 Å². The Bertz CT molecular complexity index is 523. The Morgan fingerprint density at radius 1 is 1.28 bits per heavy atom. The number of pyridine rings is 1. The molecule has 0 saturated heterocycles. The van der Waals surface area contributed by atoms with Crippen LogP contribution in [0.4, 0.5) is 15.9 Å². The third-order valence-electron chi connectivity index (χ3n) is 2.84. The molecule has 0 aliphatic carbocycles. The first-order chi connectivity index (χ1) is 8.58. The van der Waals surface area contributed by atoms with Crippen molar-refractivity contribution in [1.82, 2.24) is 4.98 Å². The van der Waals surface area contributed by atoms with Crippen molar-refractivity contribution >= 4 is 11.5 Å². The van der Waals surface area contributed by atoms with Gasteiger partial charge in [-0.1, -0.05) is 12.1 Å². The molecular weight excluding hydrogens is 229 g/mol. The van der Waals surface area contributed by atoms with Gasteiger partial charge in [0.25, 0.3) is 0 Å². The number of hydrogen-bond donors (Lipinski definition) is 1. The lowest BCUT2D eigenvalue weighted by atomic mass is 10.1. The minimum atomic E-state index is -0.258. The monoisotopic (exact) mass is 245 g/mol. The molecule has 2 N–H and O–H groups in total. The molecule has 0 amide bonds. The summed E-state index contributed by atoms with van der Waals surface area (Å²) >= 11 is 0. The van der Waals surface area contributed by atoms with Crippen LogP contribution in [0.5, 0.6) is 0 Å². The van der Waals surface area contributed by atoms with Gasteiger partial charge in [0.15, 0.2) is 0 Å². The van der Waals surface area contributed by atoms with E-state index in [1.165, 1.54) is 12.1 Å². The molecule has 2 rings (SSSR count). The highest BCUT2D eigenvalue weighted by Gasteiger charge is 2.07. The molecule has 18 heavy (non-hydrogen) atoms. The number of aromatic nitrogens is 1. The molecule has 1 aromatic carbocycles. The number of anilines is 2. The quantitative estimate of drug-likeness (QED) is 0.903. The predicted octanol–water partition coefficient (Wildman–Crippen LogP) is 3.01. The van der Waals surface area contributed by atoms with Crippen LogP contribution >= 0.6 is 0 Å². The van der Waals surface area contributed by atoms with Gasteiger partial charge in [0.05, 0.1) is 0 Å². The summed E-state index contributed by atoms with van der Waals surface area (Å²) in [5, 5.41) is 0. The van der Waals surface area contributed by atoms with E-state index in [0.717, 1.165) is 17.1 Å². The summed E-state index contributed by atoms with van der Waals surface area (Å²) < 4.78 is 13.1. The van der Waals surface area contributed by atoms with Gasteiger partial charge < -0.3 is 10.6 Å². The summed E-state index contributed by atoms with van der Waals surface area (Å²) in [6, 6.07) is 10.2. The standard InChI is InChI=1S/C14H16FN3/c1-10(16)11-6-7-14(17-9-11)18(2)13-5-3-4-12(15)8-13/h3-10H,16H2,1-2H3/t10-/m0/s1. The molecule has 1 atom stereocenters. The van der Waals surface area contributed by atoms with E-state index in [-0.39, 0.29) is 11.9 Å². The first kappa shape index (κ1) is 12.5. The number of nitrogens with zero attached hydrogens (tertiary/aromatic N) is 2. The third-order valence-corrected chi connectivity index (χ3v) is 2.84. The van der Waals surface area contributed by atoms with Gasteiger partial charge in [-0.05, 0) is 36.8 Å². The van der Waals surface area contributed by atoms with E-state index in [0.29, 0.717) is 0 Å². The van der Waals surface area contributed by atoms with Gasteiger partial charge >= 0.3 is 0 Å². The van der Waals surface area contributed by atoms with E-state index >= 15 is 0 Å². The van der Waals surface area contributed by atoms with E-state index in [1.54, 1.807) is 12.3 Å². The van der Waals surface area contributed by atoms with Crippen LogP contribution in [-0.4, -0.2) is 12.0 Å². The minimum absolute atomic E-state index is 0.0361. The van der Waals surface area contributed by atoms with Crippen molar-refractivity contribution < 1.29 is 4.39 Å². The zero-order valence-corrected chi connectivity index (χ0v) is 10.5. The number of rotatable bonds is 3. The van der Waals surface area contributed by atoms with Crippen molar-refractivity contribution in [1.29, 1.82) is 0 Å². The molecule has 0 unspecified atom stereocenters. The van der Waals surface area contributed by atoms with Gasteiger partial charge in [-0.25, -0.2) is 9.37 Å². The maximum absolute atomic E-state index is 13.1. The largest absolute Gasteiger partial charge is 0.329 e. The number of halogens is 1. The predicted molar refractivity (Wildman–Crippen MR) is 71.3 cm³/mol. The van der Waals surface area contributed by atoms with E-state index in [9.17, 15) is 4.39 Å². The van der Waals surface area contributed by atoms with E-state index in [4.69, 9.17) is 5.73 Å². The second-order valence-electron chi connectivity index (χ2n) is 4.28. The highest BCUT2D eigenvalue weighted by molar-refractivity contribution is 5.58. The maximum atomic E-state index is 13.1. The Morgan fingerprint density at radius 2 is 2.06 bits per heavy atom. The van der Waals surface area contributed by atoms with Crippen LogP contribution < -0.4 is 10.6 Å². The number of hydrogen-bond acceptors (Lipinski definition) is 3. The highest BCUT2D eigenvalue weighted by Crippen LogP contribution is 2.22.